The van der Waals surface area contributed by atoms with Crippen molar-refractivity contribution >= 4 is 11.7 Å². The molecule has 0 saturated heterocycles. The molecule has 0 aliphatic heterocycles. The lowest BCUT2D eigenvalue weighted by Gasteiger charge is -2.04. The summed E-state index contributed by atoms with van der Waals surface area (Å²) in [5, 5.41) is 10.5. The zero-order valence-electron chi connectivity index (χ0n) is 7.25. The van der Waals surface area contributed by atoms with E-state index >= 15 is 0 Å². The van der Waals surface area contributed by atoms with E-state index < -0.39 is 0 Å². The summed E-state index contributed by atoms with van der Waals surface area (Å²) in [6, 6.07) is 6.06. The van der Waals surface area contributed by atoms with Crippen LogP contribution in [0.15, 0.2) is 18.2 Å². The molecular weight excluding hydrogens is 164 g/mol. The van der Waals surface area contributed by atoms with Crippen LogP contribution in [0.4, 0.5) is 5.82 Å². The van der Waals surface area contributed by atoms with Crippen LogP contribution in [-0.2, 0) is 0 Å². The van der Waals surface area contributed by atoms with Gasteiger partial charge in [-0.1, -0.05) is 6.07 Å². The number of amidine groups is 1. The van der Waals surface area contributed by atoms with Crippen molar-refractivity contribution in [1.82, 2.24) is 4.98 Å². The standard InChI is InChI=1S/C9H12N4/c10-9(11)7-2-1-3-8(13-7)12-6-4-5-6/h1-3,6H,4-5H2,(H3,10,11)(H,12,13). The summed E-state index contributed by atoms with van der Waals surface area (Å²) < 4.78 is 0. The minimum Gasteiger partial charge on any atom is -0.382 e. The van der Waals surface area contributed by atoms with Crippen molar-refractivity contribution < 1.29 is 0 Å². The maximum absolute atomic E-state index is 7.22. The molecule has 2 rings (SSSR count). The summed E-state index contributed by atoms with van der Waals surface area (Å²) in [5.41, 5.74) is 5.86. The Kier molecular flexibility index (Phi) is 1.88. The van der Waals surface area contributed by atoms with Gasteiger partial charge in [0.1, 0.15) is 17.3 Å². The fourth-order valence-corrected chi connectivity index (χ4v) is 1.10. The largest absolute Gasteiger partial charge is 0.382 e. The molecule has 4 nitrogen and oxygen atoms in total. The van der Waals surface area contributed by atoms with E-state index in [0.29, 0.717) is 11.7 Å². The highest BCUT2D eigenvalue weighted by molar-refractivity contribution is 5.93. The molecule has 4 N–H and O–H groups in total. The highest BCUT2D eigenvalue weighted by Gasteiger charge is 2.21. The van der Waals surface area contributed by atoms with E-state index in [2.05, 4.69) is 10.3 Å². The number of rotatable bonds is 3. The molecule has 1 saturated carbocycles. The van der Waals surface area contributed by atoms with E-state index in [4.69, 9.17) is 11.1 Å². The first-order valence-corrected chi connectivity index (χ1v) is 4.34. The van der Waals surface area contributed by atoms with E-state index in [1.807, 2.05) is 12.1 Å². The lowest BCUT2D eigenvalue weighted by molar-refractivity contribution is 1.10. The average Bonchev–Trinajstić information content (AvgIpc) is 2.89. The predicted octanol–water partition coefficient (Wildman–Crippen LogP) is 0.940. The molecule has 1 aromatic rings. The van der Waals surface area contributed by atoms with Gasteiger partial charge in [0.2, 0.25) is 0 Å². The third kappa shape index (κ3) is 1.96. The quantitative estimate of drug-likeness (QED) is 0.474. The maximum atomic E-state index is 7.22. The van der Waals surface area contributed by atoms with Crippen molar-refractivity contribution in [2.24, 2.45) is 5.73 Å². The zero-order chi connectivity index (χ0) is 9.26. The Morgan fingerprint density at radius 1 is 1.54 bits per heavy atom. The molecule has 1 aromatic heterocycles. The number of nitrogen functional groups attached to an aromatic ring is 1. The molecule has 0 unspecified atom stereocenters. The first-order chi connectivity index (χ1) is 6.25. The highest BCUT2D eigenvalue weighted by atomic mass is 15.0. The minimum atomic E-state index is 0.0134. The molecule has 1 aliphatic carbocycles. The first-order valence-electron chi connectivity index (χ1n) is 4.34. The molecule has 0 spiro atoms. The Morgan fingerprint density at radius 2 is 2.31 bits per heavy atom. The van der Waals surface area contributed by atoms with Crippen LogP contribution in [0.1, 0.15) is 18.5 Å². The lowest BCUT2D eigenvalue weighted by atomic mass is 10.3. The number of hydrogen-bond acceptors (Lipinski definition) is 3. The van der Waals surface area contributed by atoms with Crippen LogP contribution >= 0.6 is 0 Å². The van der Waals surface area contributed by atoms with Gasteiger partial charge in [0.05, 0.1) is 0 Å². The molecule has 1 fully saturated rings. The number of hydrogen-bond donors (Lipinski definition) is 3. The normalized spacial score (nSPS) is 15.4. The average molecular weight is 176 g/mol. The van der Waals surface area contributed by atoms with Crippen molar-refractivity contribution in [3.63, 3.8) is 0 Å². The van der Waals surface area contributed by atoms with Gasteiger partial charge in [0.15, 0.2) is 0 Å². The van der Waals surface area contributed by atoms with Crippen molar-refractivity contribution in [2.45, 2.75) is 18.9 Å². The van der Waals surface area contributed by atoms with Gasteiger partial charge >= 0.3 is 0 Å². The summed E-state index contributed by atoms with van der Waals surface area (Å²) in [6.07, 6.45) is 2.43. The van der Waals surface area contributed by atoms with Crippen LogP contribution in [0, 0.1) is 5.41 Å². The number of nitrogens with two attached hydrogens (primary N) is 1. The van der Waals surface area contributed by atoms with Gasteiger partial charge in [0.25, 0.3) is 0 Å². The van der Waals surface area contributed by atoms with Crippen molar-refractivity contribution in [3.05, 3.63) is 23.9 Å². The van der Waals surface area contributed by atoms with Gasteiger partial charge in [-0.25, -0.2) is 4.98 Å². The smallest absolute Gasteiger partial charge is 0.141 e. The van der Waals surface area contributed by atoms with E-state index in [1.165, 1.54) is 12.8 Å². The van der Waals surface area contributed by atoms with Crippen LogP contribution in [0.25, 0.3) is 0 Å². The lowest BCUT2D eigenvalue weighted by Crippen LogP contribution is -2.14. The summed E-state index contributed by atoms with van der Waals surface area (Å²) in [7, 11) is 0. The van der Waals surface area contributed by atoms with E-state index in [-0.39, 0.29) is 5.84 Å². The fourth-order valence-electron chi connectivity index (χ4n) is 1.10. The van der Waals surface area contributed by atoms with Crippen molar-refractivity contribution in [2.75, 3.05) is 5.32 Å². The molecule has 1 aliphatic rings. The Balaban J connectivity index is 2.15. The van der Waals surface area contributed by atoms with Crippen molar-refractivity contribution in [3.8, 4) is 0 Å². The molecule has 0 radical (unpaired) electrons. The number of anilines is 1. The topological polar surface area (TPSA) is 74.8 Å². The number of nitrogens with one attached hydrogen (secondary N) is 2. The van der Waals surface area contributed by atoms with Crippen LogP contribution in [0.5, 0.6) is 0 Å². The maximum Gasteiger partial charge on any atom is 0.141 e. The molecule has 0 amide bonds. The SMILES string of the molecule is N=C(N)c1cccc(NC2CC2)n1. The summed E-state index contributed by atoms with van der Waals surface area (Å²) in [4.78, 5) is 4.19. The monoisotopic (exact) mass is 176 g/mol. The van der Waals surface area contributed by atoms with E-state index in [0.717, 1.165) is 5.82 Å². The summed E-state index contributed by atoms with van der Waals surface area (Å²) >= 11 is 0. The Morgan fingerprint density at radius 3 is 2.92 bits per heavy atom. The zero-order valence-corrected chi connectivity index (χ0v) is 7.25. The molecule has 0 aromatic carbocycles. The van der Waals surface area contributed by atoms with Crippen molar-refractivity contribution in [1.29, 1.82) is 5.41 Å². The minimum absolute atomic E-state index is 0.0134. The summed E-state index contributed by atoms with van der Waals surface area (Å²) in [5.74, 6) is 0.828. The fraction of sp³-hybridized carbons (Fsp3) is 0.333. The number of aromatic nitrogens is 1. The van der Waals surface area contributed by atoms with Gasteiger partial charge in [-0.15, -0.1) is 0 Å². The molecule has 4 heteroatoms. The molecule has 1 heterocycles. The van der Waals surface area contributed by atoms with Gasteiger partial charge in [0, 0.05) is 6.04 Å². The molecule has 68 valence electrons. The van der Waals surface area contributed by atoms with Gasteiger partial charge in [-0.3, -0.25) is 5.41 Å². The van der Waals surface area contributed by atoms with Gasteiger partial charge < -0.3 is 11.1 Å². The molecule has 0 bridgehead atoms. The van der Waals surface area contributed by atoms with Crippen LogP contribution in [0.2, 0.25) is 0 Å². The highest BCUT2D eigenvalue weighted by Crippen LogP contribution is 2.23. The van der Waals surface area contributed by atoms with E-state index in [1.54, 1.807) is 6.07 Å². The molecular formula is C9H12N4. The second-order valence-electron chi connectivity index (χ2n) is 3.24. The van der Waals surface area contributed by atoms with Crippen LogP contribution in [0.3, 0.4) is 0 Å². The molecule has 0 atom stereocenters. The third-order valence-corrected chi connectivity index (χ3v) is 1.95. The number of nitrogens with zero attached hydrogens (tertiary/aromatic N) is 1. The summed E-state index contributed by atoms with van der Waals surface area (Å²) in [6.45, 7) is 0. The predicted molar refractivity (Wildman–Crippen MR) is 51.9 cm³/mol. The van der Waals surface area contributed by atoms with E-state index in [9.17, 15) is 0 Å². The number of pyridine rings is 1. The van der Waals surface area contributed by atoms with Gasteiger partial charge in [-0.05, 0) is 25.0 Å². The first kappa shape index (κ1) is 8.04. The Hall–Kier alpha value is -1.58. The molecule has 13 heavy (non-hydrogen) atoms. The van der Waals surface area contributed by atoms with Gasteiger partial charge in [-0.2, -0.15) is 0 Å². The second kappa shape index (κ2) is 3.05. The van der Waals surface area contributed by atoms with Crippen LogP contribution < -0.4 is 11.1 Å². The Bertz CT molecular complexity index is 330. The Labute approximate surface area is 76.7 Å². The van der Waals surface area contributed by atoms with Crippen LogP contribution in [-0.4, -0.2) is 16.9 Å². The second-order valence-corrected chi connectivity index (χ2v) is 3.24. The third-order valence-electron chi connectivity index (χ3n) is 1.95.